The molecule has 3 aromatic rings. The van der Waals surface area contributed by atoms with Crippen LogP contribution in [0.4, 0.5) is 11.4 Å². The number of anilines is 2. The van der Waals surface area contributed by atoms with Crippen molar-refractivity contribution in [1.82, 2.24) is 4.98 Å². The molecule has 4 rings (SSSR count). The van der Waals surface area contributed by atoms with E-state index in [1.165, 1.54) is 4.90 Å². The molecule has 0 radical (unpaired) electrons. The van der Waals surface area contributed by atoms with Gasteiger partial charge in [0.05, 0.1) is 17.1 Å². The number of fused-ring (bicyclic) bond motifs is 2. The summed E-state index contributed by atoms with van der Waals surface area (Å²) in [4.78, 5) is 5.70. The Morgan fingerprint density at radius 2 is 1.81 bits per heavy atom. The minimum absolute atomic E-state index is 0.506. The molecule has 2 heterocycles. The second kappa shape index (κ2) is 4.63. The van der Waals surface area contributed by atoms with Gasteiger partial charge in [0.25, 0.3) is 0 Å². The first-order valence-electron chi connectivity index (χ1n) is 8.17. The number of para-hydroxylation sites is 3. The van der Waals surface area contributed by atoms with Crippen molar-refractivity contribution in [2.45, 2.75) is 0 Å². The number of hydrogen-bond donors (Lipinski definition) is 0. The zero-order valence-electron chi connectivity index (χ0n) is 14.2. The second-order valence-corrected chi connectivity index (χ2v) is 4.77. The minimum Gasteiger partial charge on any atom is -0.452 e. The molecule has 0 amide bonds. The molecule has 21 heavy (non-hydrogen) atoms. The largest absolute Gasteiger partial charge is 0.452 e. The maximum Gasteiger partial charge on any atom is 0.160 e. The molecule has 3 nitrogen and oxygen atoms in total. The highest BCUT2D eigenvalue weighted by atomic mass is 16.5. The van der Waals surface area contributed by atoms with Crippen molar-refractivity contribution in [3.05, 3.63) is 66.9 Å². The van der Waals surface area contributed by atoms with Gasteiger partial charge in [-0.15, -0.1) is 0 Å². The second-order valence-electron chi connectivity index (χ2n) is 4.77. The van der Waals surface area contributed by atoms with E-state index >= 15 is 0 Å². The van der Waals surface area contributed by atoms with Crippen LogP contribution in [0.2, 0.25) is 0 Å². The number of pyridine rings is 1. The first-order valence-corrected chi connectivity index (χ1v) is 6.67. The van der Waals surface area contributed by atoms with Gasteiger partial charge in [-0.25, -0.2) is 0 Å². The van der Waals surface area contributed by atoms with Gasteiger partial charge in [-0.05, 0) is 36.4 Å². The first-order chi connectivity index (χ1) is 11.6. The normalized spacial score (nSPS) is 15.0. The van der Waals surface area contributed by atoms with Crippen molar-refractivity contribution < 1.29 is 8.85 Å². The van der Waals surface area contributed by atoms with Crippen LogP contribution in [0.5, 0.6) is 11.5 Å². The highest BCUT2D eigenvalue weighted by Crippen LogP contribution is 2.49. The molecule has 0 fully saturated rings. The number of ether oxygens (including phenoxy) is 1. The van der Waals surface area contributed by atoms with Crippen LogP contribution in [0.25, 0.3) is 11.3 Å². The Labute approximate surface area is 127 Å². The van der Waals surface area contributed by atoms with E-state index in [9.17, 15) is 0 Å². The third kappa shape index (κ3) is 1.86. The third-order valence-corrected chi connectivity index (χ3v) is 3.49. The monoisotopic (exact) mass is 277 g/mol. The van der Waals surface area contributed by atoms with E-state index in [2.05, 4.69) is 4.98 Å². The van der Waals surface area contributed by atoms with Gasteiger partial charge in [-0.3, -0.25) is 4.98 Å². The van der Waals surface area contributed by atoms with Crippen molar-refractivity contribution in [3.63, 3.8) is 0 Å². The molecule has 0 bridgehead atoms. The van der Waals surface area contributed by atoms with Crippen LogP contribution < -0.4 is 9.64 Å². The highest BCUT2D eigenvalue weighted by Gasteiger charge is 2.24. The summed E-state index contributed by atoms with van der Waals surface area (Å²) < 4.78 is 29.9. The Bertz CT molecular complexity index is 894. The van der Waals surface area contributed by atoms with E-state index < -0.39 is 6.98 Å². The molecule has 2 aromatic carbocycles. The van der Waals surface area contributed by atoms with Crippen molar-refractivity contribution in [2.24, 2.45) is 0 Å². The van der Waals surface area contributed by atoms with Gasteiger partial charge < -0.3 is 9.64 Å². The van der Waals surface area contributed by atoms with Crippen LogP contribution in [0.1, 0.15) is 4.11 Å². The lowest BCUT2D eigenvalue weighted by atomic mass is 10.1. The summed E-state index contributed by atoms with van der Waals surface area (Å²) in [5.74, 6) is 1.02. The average molecular weight is 277 g/mol. The number of benzene rings is 2. The van der Waals surface area contributed by atoms with Crippen molar-refractivity contribution in [1.29, 1.82) is 0 Å². The lowest BCUT2D eigenvalue weighted by molar-refractivity contribution is 0.477. The molecule has 0 atom stereocenters. The molecule has 1 aliphatic rings. The number of rotatable bonds is 1. The quantitative estimate of drug-likeness (QED) is 0.649. The van der Waals surface area contributed by atoms with Gasteiger partial charge in [0.1, 0.15) is 0 Å². The van der Waals surface area contributed by atoms with Crippen molar-refractivity contribution in [3.8, 4) is 22.8 Å². The lowest BCUT2D eigenvalue weighted by Crippen LogP contribution is -2.15. The highest BCUT2D eigenvalue weighted by molar-refractivity contribution is 5.84. The summed E-state index contributed by atoms with van der Waals surface area (Å²) in [6.07, 6.45) is 1.70. The summed E-state index contributed by atoms with van der Waals surface area (Å²) in [6.45, 7) is -2.32. The predicted molar refractivity (Wildman–Crippen MR) is 84.3 cm³/mol. The van der Waals surface area contributed by atoms with Crippen LogP contribution in [0.3, 0.4) is 0 Å². The number of aromatic nitrogens is 1. The van der Waals surface area contributed by atoms with Gasteiger partial charge in [0.2, 0.25) is 0 Å². The van der Waals surface area contributed by atoms with Crippen molar-refractivity contribution in [2.75, 3.05) is 11.9 Å². The predicted octanol–water partition coefficient (Wildman–Crippen LogP) is 4.62. The zero-order valence-corrected chi connectivity index (χ0v) is 11.2. The van der Waals surface area contributed by atoms with Gasteiger partial charge in [-0.2, -0.15) is 0 Å². The lowest BCUT2D eigenvalue weighted by Gasteiger charge is -2.30. The van der Waals surface area contributed by atoms with Gasteiger partial charge in [0.15, 0.2) is 11.5 Å². The molecular weight excluding hydrogens is 260 g/mol. The minimum atomic E-state index is -2.32. The number of nitrogens with zero attached hydrogens (tertiary/aromatic N) is 2. The third-order valence-electron chi connectivity index (χ3n) is 3.49. The molecule has 0 spiro atoms. The van der Waals surface area contributed by atoms with Gasteiger partial charge in [0, 0.05) is 22.8 Å². The molecule has 0 saturated heterocycles. The van der Waals surface area contributed by atoms with E-state index in [0.717, 1.165) is 11.3 Å². The maximum atomic E-state index is 7.95. The SMILES string of the molecule is [2H]C([2H])([2H])N1c2ccccc2Oc2c(-c3ccccn3)cccc21. The summed E-state index contributed by atoms with van der Waals surface area (Å²) in [5, 5.41) is 0. The van der Waals surface area contributed by atoms with Gasteiger partial charge in [-0.1, -0.05) is 24.3 Å². The van der Waals surface area contributed by atoms with Crippen LogP contribution in [0.15, 0.2) is 66.9 Å². The standard InChI is InChI=1S/C18H14N2O/c1-20-15-9-2-3-11-17(15)21-18-13(7-6-10-16(18)20)14-8-4-5-12-19-14/h2-12H,1H3/i1D3. The molecule has 102 valence electrons. The van der Waals surface area contributed by atoms with Crippen LogP contribution in [-0.4, -0.2) is 12.0 Å². The fraction of sp³-hybridized carbons (Fsp3) is 0.0556. The summed E-state index contributed by atoms with van der Waals surface area (Å²) in [5.41, 5.74) is 2.54. The molecule has 0 saturated carbocycles. The summed E-state index contributed by atoms with van der Waals surface area (Å²) in [6, 6.07) is 18.2. The van der Waals surface area contributed by atoms with E-state index in [4.69, 9.17) is 8.85 Å². The van der Waals surface area contributed by atoms with Gasteiger partial charge >= 0.3 is 0 Å². The topological polar surface area (TPSA) is 25.4 Å². The molecule has 1 aromatic heterocycles. The van der Waals surface area contributed by atoms with E-state index in [1.54, 1.807) is 30.5 Å². The van der Waals surface area contributed by atoms with Crippen LogP contribution in [-0.2, 0) is 0 Å². The molecular formula is C18H14N2O. The van der Waals surface area contributed by atoms with Crippen LogP contribution in [0, 0.1) is 0 Å². The fourth-order valence-corrected chi connectivity index (χ4v) is 2.50. The molecule has 0 aliphatic carbocycles. The fourth-order valence-electron chi connectivity index (χ4n) is 2.50. The van der Waals surface area contributed by atoms with Crippen molar-refractivity contribution >= 4 is 11.4 Å². The first kappa shape index (κ1) is 9.19. The Balaban J connectivity index is 1.97. The van der Waals surface area contributed by atoms with E-state index in [-0.39, 0.29) is 0 Å². The average Bonchev–Trinajstić information content (AvgIpc) is 2.59. The molecule has 3 heteroatoms. The summed E-state index contributed by atoms with van der Waals surface area (Å²) >= 11 is 0. The Morgan fingerprint density at radius 1 is 0.952 bits per heavy atom. The van der Waals surface area contributed by atoms with E-state index in [1.807, 2.05) is 36.4 Å². The smallest absolute Gasteiger partial charge is 0.160 e. The number of hydrogen-bond acceptors (Lipinski definition) is 3. The Kier molecular flexibility index (Phi) is 2.03. The zero-order chi connectivity index (χ0) is 16.7. The molecule has 1 aliphatic heterocycles. The van der Waals surface area contributed by atoms with Crippen LogP contribution >= 0.6 is 0 Å². The Morgan fingerprint density at radius 3 is 2.67 bits per heavy atom. The van der Waals surface area contributed by atoms with E-state index in [0.29, 0.717) is 22.9 Å². The summed E-state index contributed by atoms with van der Waals surface area (Å²) in [7, 11) is 0. The Hall–Kier alpha value is -2.81. The molecule has 0 N–H and O–H groups in total. The maximum absolute atomic E-state index is 7.95. The molecule has 0 unspecified atom stereocenters.